The van der Waals surface area contributed by atoms with Crippen LogP contribution in [0.25, 0.3) is 0 Å². The van der Waals surface area contributed by atoms with Gasteiger partial charge in [0.05, 0.1) is 6.61 Å². The van der Waals surface area contributed by atoms with Gasteiger partial charge in [-0.2, -0.15) is 0 Å². The molecule has 20 heavy (non-hydrogen) atoms. The fraction of sp³-hybridized carbons (Fsp3) is 0.867. The maximum Gasteiger partial charge on any atom is 0.326 e. The van der Waals surface area contributed by atoms with Crippen molar-refractivity contribution in [3.05, 3.63) is 0 Å². The van der Waals surface area contributed by atoms with Crippen LogP contribution in [0, 0.1) is 22.7 Å². The van der Waals surface area contributed by atoms with Gasteiger partial charge in [-0.25, -0.2) is 4.79 Å². The third-order valence-corrected chi connectivity index (χ3v) is 5.51. The zero-order chi connectivity index (χ0) is 15.1. The van der Waals surface area contributed by atoms with Gasteiger partial charge in [0.1, 0.15) is 6.04 Å². The molecular formula is C15H25NO4. The number of carboxylic acid groups (broad SMARTS) is 1. The van der Waals surface area contributed by atoms with Crippen LogP contribution in [0.15, 0.2) is 0 Å². The van der Waals surface area contributed by atoms with E-state index in [-0.39, 0.29) is 28.6 Å². The first-order chi connectivity index (χ1) is 9.19. The van der Waals surface area contributed by atoms with Gasteiger partial charge in [-0.1, -0.05) is 27.7 Å². The summed E-state index contributed by atoms with van der Waals surface area (Å²) < 4.78 is 5.34. The molecular weight excluding hydrogens is 258 g/mol. The van der Waals surface area contributed by atoms with Gasteiger partial charge >= 0.3 is 5.97 Å². The fourth-order valence-electron chi connectivity index (χ4n) is 3.50. The summed E-state index contributed by atoms with van der Waals surface area (Å²) in [5.41, 5.74) is -0.160. The summed E-state index contributed by atoms with van der Waals surface area (Å²) >= 11 is 0. The minimum absolute atomic E-state index is 0.0802. The van der Waals surface area contributed by atoms with Crippen molar-refractivity contribution in [3.63, 3.8) is 0 Å². The van der Waals surface area contributed by atoms with Crippen molar-refractivity contribution >= 4 is 11.9 Å². The Kier molecular flexibility index (Phi) is 3.84. The van der Waals surface area contributed by atoms with Crippen LogP contribution >= 0.6 is 0 Å². The Morgan fingerprint density at radius 3 is 2.25 bits per heavy atom. The molecule has 5 heteroatoms. The summed E-state index contributed by atoms with van der Waals surface area (Å²) in [6.45, 7) is 9.30. The number of aliphatic carboxylic acids is 1. The van der Waals surface area contributed by atoms with E-state index in [0.29, 0.717) is 13.2 Å². The Balaban J connectivity index is 2.02. The van der Waals surface area contributed by atoms with Crippen molar-refractivity contribution in [2.24, 2.45) is 22.7 Å². The van der Waals surface area contributed by atoms with E-state index in [0.717, 1.165) is 12.8 Å². The number of amides is 1. The van der Waals surface area contributed by atoms with Crippen LogP contribution in [0.5, 0.6) is 0 Å². The SMILES string of the molecule is CC1(C)C(C(=O)NC(C(=O)O)C2CCCOC2)C1(C)C. The third-order valence-electron chi connectivity index (χ3n) is 5.51. The fourth-order valence-corrected chi connectivity index (χ4v) is 3.50. The summed E-state index contributed by atoms with van der Waals surface area (Å²) in [6, 6.07) is -0.838. The Labute approximate surface area is 120 Å². The lowest BCUT2D eigenvalue weighted by molar-refractivity contribution is -0.145. The molecule has 0 bridgehead atoms. The molecule has 1 aliphatic carbocycles. The molecule has 0 aromatic carbocycles. The topological polar surface area (TPSA) is 75.6 Å². The van der Waals surface area contributed by atoms with Gasteiger partial charge in [-0.3, -0.25) is 4.79 Å². The first-order valence-corrected chi connectivity index (χ1v) is 7.30. The molecule has 2 atom stereocenters. The second kappa shape index (κ2) is 5.02. The molecule has 2 fully saturated rings. The molecule has 1 amide bonds. The van der Waals surface area contributed by atoms with Gasteiger partial charge in [0.25, 0.3) is 0 Å². The van der Waals surface area contributed by atoms with Gasteiger partial charge in [-0.05, 0) is 23.7 Å². The number of carbonyl (C=O) groups excluding carboxylic acids is 1. The number of carbonyl (C=O) groups is 2. The molecule has 0 aromatic heterocycles. The lowest BCUT2D eigenvalue weighted by Gasteiger charge is -2.28. The first kappa shape index (κ1) is 15.3. The van der Waals surface area contributed by atoms with Gasteiger partial charge in [-0.15, -0.1) is 0 Å². The predicted molar refractivity (Wildman–Crippen MR) is 74.2 cm³/mol. The van der Waals surface area contributed by atoms with Crippen molar-refractivity contribution in [2.45, 2.75) is 46.6 Å². The number of hydrogen-bond donors (Lipinski definition) is 2. The molecule has 5 nitrogen and oxygen atoms in total. The van der Waals surface area contributed by atoms with E-state index >= 15 is 0 Å². The van der Waals surface area contributed by atoms with E-state index in [9.17, 15) is 14.7 Å². The number of ether oxygens (including phenoxy) is 1. The summed E-state index contributed by atoms with van der Waals surface area (Å²) in [5, 5.41) is 12.1. The molecule has 0 radical (unpaired) electrons. The molecule has 2 aliphatic rings. The summed E-state index contributed by atoms with van der Waals surface area (Å²) in [7, 11) is 0. The lowest BCUT2D eigenvalue weighted by Crippen LogP contribution is -2.49. The van der Waals surface area contributed by atoms with E-state index in [1.165, 1.54) is 0 Å². The molecule has 1 aliphatic heterocycles. The number of rotatable bonds is 4. The Morgan fingerprint density at radius 1 is 1.25 bits per heavy atom. The highest BCUT2D eigenvalue weighted by atomic mass is 16.5. The van der Waals surface area contributed by atoms with Gasteiger partial charge in [0.2, 0.25) is 5.91 Å². The molecule has 114 valence electrons. The number of hydrogen-bond acceptors (Lipinski definition) is 3. The summed E-state index contributed by atoms with van der Waals surface area (Å²) in [4.78, 5) is 23.8. The molecule has 2 rings (SSSR count). The summed E-state index contributed by atoms with van der Waals surface area (Å²) in [5.74, 6) is -1.36. The van der Waals surface area contributed by atoms with Gasteiger partial charge in [0.15, 0.2) is 0 Å². The number of nitrogens with one attached hydrogen (secondary N) is 1. The second-order valence-electron chi connectivity index (χ2n) is 7.18. The van der Waals surface area contributed by atoms with Crippen LogP contribution in [-0.4, -0.2) is 36.2 Å². The Hall–Kier alpha value is -1.10. The van der Waals surface area contributed by atoms with Crippen molar-refractivity contribution < 1.29 is 19.4 Å². The van der Waals surface area contributed by atoms with Crippen LogP contribution in [0.2, 0.25) is 0 Å². The molecule has 2 unspecified atom stereocenters. The summed E-state index contributed by atoms with van der Waals surface area (Å²) in [6.07, 6.45) is 1.64. The highest BCUT2D eigenvalue weighted by Crippen LogP contribution is 2.68. The van der Waals surface area contributed by atoms with Crippen molar-refractivity contribution in [3.8, 4) is 0 Å². The Bertz CT molecular complexity index is 396. The molecule has 1 saturated carbocycles. The third kappa shape index (κ3) is 2.43. The van der Waals surface area contributed by atoms with Crippen molar-refractivity contribution in [1.82, 2.24) is 5.32 Å². The largest absolute Gasteiger partial charge is 0.480 e. The minimum atomic E-state index is -0.967. The maximum atomic E-state index is 12.4. The molecule has 1 saturated heterocycles. The zero-order valence-electron chi connectivity index (χ0n) is 12.7. The van der Waals surface area contributed by atoms with Crippen LogP contribution in [0.4, 0.5) is 0 Å². The van der Waals surface area contributed by atoms with E-state index in [2.05, 4.69) is 33.0 Å². The molecule has 2 N–H and O–H groups in total. The van der Waals surface area contributed by atoms with Crippen LogP contribution in [0.3, 0.4) is 0 Å². The number of carboxylic acids is 1. The van der Waals surface area contributed by atoms with Crippen LogP contribution in [0.1, 0.15) is 40.5 Å². The van der Waals surface area contributed by atoms with Gasteiger partial charge in [0, 0.05) is 18.4 Å². The average molecular weight is 283 g/mol. The average Bonchev–Trinajstić information content (AvgIpc) is 2.77. The quantitative estimate of drug-likeness (QED) is 0.823. The van der Waals surface area contributed by atoms with Crippen molar-refractivity contribution in [2.75, 3.05) is 13.2 Å². The van der Waals surface area contributed by atoms with E-state index in [4.69, 9.17) is 4.74 Å². The van der Waals surface area contributed by atoms with Crippen LogP contribution in [-0.2, 0) is 14.3 Å². The maximum absolute atomic E-state index is 12.4. The van der Waals surface area contributed by atoms with Crippen LogP contribution < -0.4 is 5.32 Å². The Morgan fingerprint density at radius 2 is 1.85 bits per heavy atom. The normalized spacial score (nSPS) is 29.5. The minimum Gasteiger partial charge on any atom is -0.480 e. The van der Waals surface area contributed by atoms with E-state index in [1.807, 2.05) is 0 Å². The molecule has 0 spiro atoms. The molecule has 0 aromatic rings. The van der Waals surface area contributed by atoms with E-state index in [1.54, 1.807) is 0 Å². The zero-order valence-corrected chi connectivity index (χ0v) is 12.7. The first-order valence-electron chi connectivity index (χ1n) is 7.30. The van der Waals surface area contributed by atoms with Crippen molar-refractivity contribution in [1.29, 1.82) is 0 Å². The van der Waals surface area contributed by atoms with Gasteiger partial charge < -0.3 is 15.2 Å². The van der Waals surface area contributed by atoms with E-state index < -0.39 is 12.0 Å². The monoisotopic (exact) mass is 283 g/mol. The standard InChI is InChI=1S/C15H25NO4/c1-14(2)11(15(14,3)4)12(17)16-10(13(18)19)9-6-5-7-20-8-9/h9-11H,5-8H2,1-4H3,(H,16,17)(H,18,19). The predicted octanol–water partition coefficient (Wildman–Crippen LogP) is 1.66. The highest BCUT2D eigenvalue weighted by molar-refractivity contribution is 5.88. The smallest absolute Gasteiger partial charge is 0.326 e. The molecule has 1 heterocycles. The highest BCUT2D eigenvalue weighted by Gasteiger charge is 2.68. The second-order valence-corrected chi connectivity index (χ2v) is 7.18. The lowest BCUT2D eigenvalue weighted by atomic mass is 9.93.